The summed E-state index contributed by atoms with van der Waals surface area (Å²) in [7, 11) is 0. The van der Waals surface area contributed by atoms with Crippen molar-refractivity contribution in [2.24, 2.45) is 0 Å². The molecule has 0 unspecified atom stereocenters. The third kappa shape index (κ3) is 3.43. The Bertz CT molecular complexity index is 3080. The first-order valence-corrected chi connectivity index (χ1v) is 16.3. The van der Waals surface area contributed by atoms with Crippen LogP contribution in [0.2, 0.25) is 0 Å². The lowest BCUT2D eigenvalue weighted by Gasteiger charge is -2.12. The van der Waals surface area contributed by atoms with Crippen LogP contribution in [0.3, 0.4) is 0 Å². The number of nitrogens with zero attached hydrogens (tertiary/aromatic N) is 3. The Hall–Kier alpha value is -6.52. The Balaban J connectivity index is 1.37. The third-order valence-electron chi connectivity index (χ3n) is 9.98. The van der Waals surface area contributed by atoms with Crippen molar-refractivity contribution >= 4 is 87.0 Å². The summed E-state index contributed by atoms with van der Waals surface area (Å²) in [6, 6.07) is 53.8. The highest BCUT2D eigenvalue weighted by Gasteiger charge is 2.23. The number of aromatic nitrogens is 3. The number of hydrogen-bond acceptors (Lipinski definition) is 3. The maximum atomic E-state index is 6.46. The summed E-state index contributed by atoms with van der Waals surface area (Å²) >= 11 is 0. The molecule has 0 radical (unpaired) electrons. The summed E-state index contributed by atoms with van der Waals surface area (Å²) < 4.78 is 8.70. The smallest absolute Gasteiger partial charge is 0.238 e. The number of benzene rings is 8. The first-order chi connectivity index (χ1) is 23.8. The van der Waals surface area contributed by atoms with E-state index in [1.165, 1.54) is 53.9 Å². The molecule has 3 aromatic heterocycles. The predicted octanol–water partition coefficient (Wildman–Crippen LogP) is 11.8. The van der Waals surface area contributed by atoms with Gasteiger partial charge in [-0.05, 0) is 62.0 Å². The van der Waals surface area contributed by atoms with Gasteiger partial charge < -0.3 is 4.42 Å². The van der Waals surface area contributed by atoms with E-state index in [-0.39, 0.29) is 0 Å². The number of para-hydroxylation sites is 1. The van der Waals surface area contributed by atoms with E-state index >= 15 is 0 Å². The van der Waals surface area contributed by atoms with Crippen molar-refractivity contribution in [2.75, 3.05) is 0 Å². The molecule has 0 aliphatic rings. The van der Waals surface area contributed by atoms with Crippen LogP contribution in [0.4, 0.5) is 0 Å². The lowest BCUT2D eigenvalue weighted by Crippen LogP contribution is -2.03. The highest BCUT2D eigenvalue weighted by Crippen LogP contribution is 2.44. The molecule has 0 saturated carbocycles. The Morgan fingerprint density at radius 3 is 1.79 bits per heavy atom. The summed E-state index contributed by atoms with van der Waals surface area (Å²) in [4.78, 5) is 10.6. The van der Waals surface area contributed by atoms with Crippen LogP contribution in [0.5, 0.6) is 0 Å². The van der Waals surface area contributed by atoms with Crippen LogP contribution in [0.15, 0.2) is 156 Å². The Kier molecular flexibility index (Phi) is 5.08. The van der Waals surface area contributed by atoms with Gasteiger partial charge >= 0.3 is 0 Å². The second-order valence-corrected chi connectivity index (χ2v) is 12.5. The lowest BCUT2D eigenvalue weighted by molar-refractivity contribution is 0.651. The molecule has 0 atom stereocenters. The van der Waals surface area contributed by atoms with Crippen molar-refractivity contribution in [1.82, 2.24) is 14.5 Å². The van der Waals surface area contributed by atoms with Gasteiger partial charge in [-0.15, -0.1) is 0 Å². The second-order valence-electron chi connectivity index (χ2n) is 12.5. The minimum atomic E-state index is 0.577. The average Bonchev–Trinajstić information content (AvgIpc) is 3.69. The van der Waals surface area contributed by atoms with E-state index in [4.69, 9.17) is 14.4 Å². The van der Waals surface area contributed by atoms with E-state index in [2.05, 4.69) is 132 Å². The van der Waals surface area contributed by atoms with Crippen LogP contribution in [0, 0.1) is 0 Å². The minimum absolute atomic E-state index is 0.577. The first kappa shape index (κ1) is 25.6. The van der Waals surface area contributed by atoms with Crippen LogP contribution in [-0.4, -0.2) is 14.5 Å². The van der Waals surface area contributed by atoms with Crippen LogP contribution >= 0.6 is 0 Å². The summed E-state index contributed by atoms with van der Waals surface area (Å²) in [5.41, 5.74) is 5.37. The van der Waals surface area contributed by atoms with E-state index in [0.29, 0.717) is 11.7 Å². The van der Waals surface area contributed by atoms with E-state index in [1.54, 1.807) is 0 Å². The molecule has 0 bridgehead atoms. The van der Waals surface area contributed by atoms with Gasteiger partial charge in [0.2, 0.25) is 11.7 Å². The van der Waals surface area contributed by atoms with Gasteiger partial charge in [-0.1, -0.05) is 127 Å². The fourth-order valence-corrected chi connectivity index (χ4v) is 7.92. The van der Waals surface area contributed by atoms with E-state index in [9.17, 15) is 0 Å². The van der Waals surface area contributed by atoms with Crippen molar-refractivity contribution < 1.29 is 4.42 Å². The van der Waals surface area contributed by atoms with Gasteiger partial charge in [0.05, 0.1) is 22.1 Å². The van der Waals surface area contributed by atoms with Gasteiger partial charge in [-0.3, -0.25) is 4.57 Å². The van der Waals surface area contributed by atoms with Crippen molar-refractivity contribution in [3.8, 4) is 17.2 Å². The molecule has 48 heavy (non-hydrogen) atoms. The Morgan fingerprint density at radius 2 is 1.02 bits per heavy atom. The van der Waals surface area contributed by atoms with Crippen LogP contribution in [0.25, 0.3) is 104 Å². The SMILES string of the molecule is c1ccc(-c2nc(-n3c4cc5ccccc5cc4c4c5c6ccccc6c6ccccc6c5ccc43)nc3oc4ccccc4c23)cc1. The summed E-state index contributed by atoms with van der Waals surface area (Å²) in [5, 5.41) is 14.2. The topological polar surface area (TPSA) is 43.9 Å². The van der Waals surface area contributed by atoms with Crippen LogP contribution in [0.1, 0.15) is 0 Å². The third-order valence-corrected chi connectivity index (χ3v) is 9.98. The number of furan rings is 1. The number of hydrogen-bond donors (Lipinski definition) is 0. The van der Waals surface area contributed by atoms with E-state index in [0.717, 1.165) is 38.6 Å². The first-order valence-electron chi connectivity index (χ1n) is 16.3. The standard InChI is InChI=1S/C44H25N3O/c1-2-12-26(13-3-1)42-41-34-20-10-11-21-38(34)48-43(41)46-44(45-42)47-36-23-22-33-31-18-7-6-16-29(31)30-17-8-9-19-32(30)39(33)40(36)35-24-27-14-4-5-15-28(27)25-37(35)47/h1-25H. The molecule has 0 aliphatic carbocycles. The average molecular weight is 612 g/mol. The molecule has 4 nitrogen and oxygen atoms in total. The van der Waals surface area contributed by atoms with Crippen molar-refractivity contribution in [3.63, 3.8) is 0 Å². The van der Waals surface area contributed by atoms with Crippen molar-refractivity contribution in [3.05, 3.63) is 152 Å². The molecule has 0 fully saturated rings. The van der Waals surface area contributed by atoms with Gasteiger partial charge in [0.1, 0.15) is 5.58 Å². The molecule has 11 aromatic rings. The van der Waals surface area contributed by atoms with Crippen molar-refractivity contribution in [1.29, 1.82) is 0 Å². The zero-order valence-corrected chi connectivity index (χ0v) is 25.7. The Labute approximate surface area is 274 Å². The number of rotatable bonds is 2. The van der Waals surface area contributed by atoms with Crippen molar-refractivity contribution in [2.45, 2.75) is 0 Å². The summed E-state index contributed by atoms with van der Waals surface area (Å²) in [6.45, 7) is 0. The largest absolute Gasteiger partial charge is 0.437 e. The van der Waals surface area contributed by atoms with Crippen LogP contribution in [-0.2, 0) is 0 Å². The molecule has 0 aliphatic heterocycles. The molecule has 0 saturated heterocycles. The molecule has 3 heterocycles. The van der Waals surface area contributed by atoms with Gasteiger partial charge in [0.25, 0.3) is 0 Å². The quantitative estimate of drug-likeness (QED) is 0.183. The molecular formula is C44H25N3O. The van der Waals surface area contributed by atoms with Crippen LogP contribution < -0.4 is 0 Å². The summed E-state index contributed by atoms with van der Waals surface area (Å²) in [6.07, 6.45) is 0. The molecule has 222 valence electrons. The normalized spacial score (nSPS) is 12.2. The van der Waals surface area contributed by atoms with Gasteiger partial charge in [-0.25, -0.2) is 4.98 Å². The lowest BCUT2D eigenvalue weighted by atomic mass is 9.91. The molecule has 0 amide bonds. The van der Waals surface area contributed by atoms with Gasteiger partial charge in [0.15, 0.2) is 0 Å². The maximum absolute atomic E-state index is 6.46. The fraction of sp³-hybridized carbons (Fsp3) is 0. The highest BCUT2D eigenvalue weighted by molar-refractivity contribution is 6.35. The summed E-state index contributed by atoms with van der Waals surface area (Å²) in [5.74, 6) is 0.583. The predicted molar refractivity (Wildman–Crippen MR) is 199 cm³/mol. The Morgan fingerprint density at radius 1 is 0.417 bits per heavy atom. The molecule has 8 aromatic carbocycles. The fourth-order valence-electron chi connectivity index (χ4n) is 7.92. The zero-order chi connectivity index (χ0) is 31.3. The second kappa shape index (κ2) is 9.50. The van der Waals surface area contributed by atoms with Gasteiger partial charge in [0, 0.05) is 27.1 Å². The number of fused-ring (bicyclic) bond motifs is 14. The maximum Gasteiger partial charge on any atom is 0.238 e. The van der Waals surface area contributed by atoms with Gasteiger partial charge in [-0.2, -0.15) is 4.98 Å². The van der Waals surface area contributed by atoms with E-state index < -0.39 is 0 Å². The zero-order valence-electron chi connectivity index (χ0n) is 25.7. The minimum Gasteiger partial charge on any atom is -0.437 e. The molecular weight excluding hydrogens is 587 g/mol. The monoisotopic (exact) mass is 611 g/mol. The molecule has 11 rings (SSSR count). The molecule has 0 N–H and O–H groups in total. The highest BCUT2D eigenvalue weighted by atomic mass is 16.3. The molecule has 4 heteroatoms. The van der Waals surface area contributed by atoms with E-state index in [1.807, 2.05) is 24.3 Å². The molecule has 0 spiro atoms.